The normalized spacial score (nSPS) is 17.3. The van der Waals surface area contributed by atoms with E-state index in [1.807, 2.05) is 31.2 Å². The fraction of sp³-hybridized carbons (Fsp3) is 0.250. The number of fused-ring (bicyclic) bond motifs is 4. The lowest BCUT2D eigenvalue weighted by molar-refractivity contribution is -0.122. The molecule has 2 aromatic carbocycles. The highest BCUT2D eigenvalue weighted by Crippen LogP contribution is 2.49. The van der Waals surface area contributed by atoms with Crippen molar-refractivity contribution in [3.05, 3.63) is 47.0 Å². The molecule has 4 rings (SSSR count). The summed E-state index contributed by atoms with van der Waals surface area (Å²) < 4.78 is 6.11. The molecule has 1 unspecified atom stereocenters. The number of ketones is 1. The molecule has 0 saturated heterocycles. The Balaban J connectivity index is 1.99. The van der Waals surface area contributed by atoms with Crippen molar-refractivity contribution in [2.24, 2.45) is 0 Å². The number of anilines is 1. The van der Waals surface area contributed by atoms with E-state index in [0.29, 0.717) is 17.0 Å². The average molecular weight is 350 g/mol. The molecule has 0 spiro atoms. The minimum atomic E-state index is -0.539. The quantitative estimate of drug-likeness (QED) is 0.844. The van der Waals surface area contributed by atoms with Crippen LogP contribution in [0.4, 0.5) is 5.69 Å². The van der Waals surface area contributed by atoms with Gasteiger partial charge in [-0.1, -0.05) is 18.2 Å². The largest absolute Gasteiger partial charge is 0.485 e. The maximum Gasteiger partial charge on any atom is 0.299 e. The summed E-state index contributed by atoms with van der Waals surface area (Å²) in [7, 11) is 3.18. The van der Waals surface area contributed by atoms with Gasteiger partial charge < -0.3 is 15.0 Å². The van der Waals surface area contributed by atoms with E-state index in [2.05, 4.69) is 5.32 Å². The Morgan fingerprint density at radius 3 is 2.65 bits per heavy atom. The van der Waals surface area contributed by atoms with Crippen molar-refractivity contribution in [3.63, 3.8) is 0 Å². The lowest BCUT2D eigenvalue weighted by atomic mass is 9.85. The number of Topliss-reactive ketones (excluding diaryl/α,β-unsaturated/α-hetero) is 1. The second-order valence-corrected chi connectivity index (χ2v) is 6.53. The molecular formula is C20H18N2O4. The van der Waals surface area contributed by atoms with Gasteiger partial charge in [0.25, 0.3) is 11.7 Å². The molecule has 2 aromatic rings. The lowest BCUT2D eigenvalue weighted by Crippen LogP contribution is -2.27. The summed E-state index contributed by atoms with van der Waals surface area (Å²) >= 11 is 0. The van der Waals surface area contributed by atoms with Gasteiger partial charge in [0.2, 0.25) is 5.91 Å². The van der Waals surface area contributed by atoms with Crippen molar-refractivity contribution in [2.75, 3.05) is 19.0 Å². The molecule has 6 nitrogen and oxygen atoms in total. The number of nitrogens with zero attached hydrogens (tertiary/aromatic N) is 1. The van der Waals surface area contributed by atoms with Crippen LogP contribution >= 0.6 is 0 Å². The van der Waals surface area contributed by atoms with Crippen LogP contribution in [0, 0.1) is 6.92 Å². The van der Waals surface area contributed by atoms with Gasteiger partial charge >= 0.3 is 0 Å². The van der Waals surface area contributed by atoms with E-state index in [9.17, 15) is 14.4 Å². The Morgan fingerprint density at radius 1 is 1.19 bits per heavy atom. The fourth-order valence-corrected chi connectivity index (χ4v) is 3.85. The van der Waals surface area contributed by atoms with Crippen molar-refractivity contribution < 1.29 is 19.1 Å². The minimum Gasteiger partial charge on any atom is -0.485 e. The van der Waals surface area contributed by atoms with E-state index in [0.717, 1.165) is 22.3 Å². The Hall–Kier alpha value is -3.15. The predicted molar refractivity (Wildman–Crippen MR) is 96.4 cm³/mol. The van der Waals surface area contributed by atoms with Crippen LogP contribution in [0.25, 0.3) is 11.1 Å². The minimum absolute atomic E-state index is 0.138. The maximum atomic E-state index is 12.4. The number of para-hydroxylation sites is 1. The third-order valence-corrected chi connectivity index (χ3v) is 5.09. The van der Waals surface area contributed by atoms with Gasteiger partial charge in [-0.3, -0.25) is 14.4 Å². The van der Waals surface area contributed by atoms with E-state index in [4.69, 9.17) is 4.74 Å². The number of rotatable bonds is 2. The van der Waals surface area contributed by atoms with E-state index in [-0.39, 0.29) is 12.3 Å². The van der Waals surface area contributed by atoms with Crippen LogP contribution in [0.2, 0.25) is 0 Å². The fourth-order valence-electron chi connectivity index (χ4n) is 3.85. The first-order valence-electron chi connectivity index (χ1n) is 8.40. The topological polar surface area (TPSA) is 75.7 Å². The SMILES string of the molecule is CNC(=O)CC1Oc2ccccc2-c2cc3c(c(C)c21)N(C)C(=O)C3=O. The van der Waals surface area contributed by atoms with Crippen molar-refractivity contribution in [1.82, 2.24) is 5.32 Å². The summed E-state index contributed by atoms with van der Waals surface area (Å²) in [5.41, 5.74) is 4.35. The van der Waals surface area contributed by atoms with Gasteiger partial charge in [0.15, 0.2) is 0 Å². The molecule has 0 fully saturated rings. The van der Waals surface area contributed by atoms with Gasteiger partial charge in [-0.2, -0.15) is 0 Å². The third-order valence-electron chi connectivity index (χ3n) is 5.09. The van der Waals surface area contributed by atoms with E-state index >= 15 is 0 Å². The summed E-state index contributed by atoms with van der Waals surface area (Å²) in [6.45, 7) is 1.87. The number of hydrogen-bond acceptors (Lipinski definition) is 4. The van der Waals surface area contributed by atoms with Gasteiger partial charge in [0, 0.05) is 25.2 Å². The highest BCUT2D eigenvalue weighted by Gasteiger charge is 2.39. The molecule has 2 aliphatic rings. The van der Waals surface area contributed by atoms with Crippen molar-refractivity contribution in [1.29, 1.82) is 0 Å². The summed E-state index contributed by atoms with van der Waals surface area (Å²) in [6.07, 6.45) is -0.326. The Labute approximate surface area is 150 Å². The average Bonchev–Trinajstić information content (AvgIpc) is 2.86. The van der Waals surface area contributed by atoms with Crippen molar-refractivity contribution in [3.8, 4) is 16.9 Å². The molecule has 0 bridgehead atoms. The van der Waals surface area contributed by atoms with Crippen molar-refractivity contribution in [2.45, 2.75) is 19.4 Å². The number of amides is 2. The zero-order valence-corrected chi connectivity index (χ0v) is 14.8. The lowest BCUT2D eigenvalue weighted by Gasteiger charge is -2.31. The molecule has 26 heavy (non-hydrogen) atoms. The summed E-state index contributed by atoms with van der Waals surface area (Å²) in [6, 6.07) is 9.29. The maximum absolute atomic E-state index is 12.4. The molecule has 6 heteroatoms. The Morgan fingerprint density at radius 2 is 1.92 bits per heavy atom. The van der Waals surface area contributed by atoms with Gasteiger partial charge in [-0.25, -0.2) is 0 Å². The number of benzene rings is 2. The van der Waals surface area contributed by atoms with Crippen LogP contribution in [-0.2, 0) is 9.59 Å². The number of likely N-dealkylation sites (N-methyl/N-ethyl adjacent to an activating group) is 1. The second kappa shape index (κ2) is 5.69. The van der Waals surface area contributed by atoms with Crippen LogP contribution in [0.5, 0.6) is 5.75 Å². The van der Waals surface area contributed by atoms with Crippen LogP contribution in [0.3, 0.4) is 0 Å². The van der Waals surface area contributed by atoms with Crippen LogP contribution in [-0.4, -0.2) is 31.7 Å². The molecule has 0 aromatic heterocycles. The predicted octanol–water partition coefficient (Wildman–Crippen LogP) is 2.39. The molecular weight excluding hydrogens is 332 g/mol. The van der Waals surface area contributed by atoms with Gasteiger partial charge in [0.05, 0.1) is 17.7 Å². The molecule has 2 heterocycles. The van der Waals surface area contributed by atoms with Crippen LogP contribution < -0.4 is 15.0 Å². The Bertz CT molecular complexity index is 980. The summed E-state index contributed by atoms with van der Waals surface area (Å²) in [5.74, 6) is -0.512. The monoisotopic (exact) mass is 350 g/mol. The molecule has 0 saturated carbocycles. The van der Waals surface area contributed by atoms with E-state index in [1.165, 1.54) is 4.90 Å². The highest BCUT2D eigenvalue weighted by atomic mass is 16.5. The zero-order chi connectivity index (χ0) is 18.6. The number of hydrogen-bond donors (Lipinski definition) is 1. The number of carbonyl (C=O) groups excluding carboxylic acids is 3. The van der Waals surface area contributed by atoms with Crippen LogP contribution in [0.15, 0.2) is 30.3 Å². The number of nitrogens with one attached hydrogen (secondary N) is 1. The number of ether oxygens (including phenoxy) is 1. The summed E-state index contributed by atoms with van der Waals surface area (Å²) in [4.78, 5) is 37.9. The highest BCUT2D eigenvalue weighted by molar-refractivity contribution is 6.52. The van der Waals surface area contributed by atoms with Crippen LogP contribution in [0.1, 0.15) is 34.0 Å². The first-order valence-corrected chi connectivity index (χ1v) is 8.40. The molecule has 2 aliphatic heterocycles. The molecule has 2 amide bonds. The molecule has 132 valence electrons. The third kappa shape index (κ3) is 2.15. The smallest absolute Gasteiger partial charge is 0.299 e. The van der Waals surface area contributed by atoms with Gasteiger partial charge in [-0.15, -0.1) is 0 Å². The van der Waals surface area contributed by atoms with Crippen molar-refractivity contribution >= 4 is 23.3 Å². The van der Waals surface area contributed by atoms with E-state index < -0.39 is 17.8 Å². The Kier molecular flexibility index (Phi) is 3.57. The number of carbonyl (C=O) groups is 3. The zero-order valence-electron chi connectivity index (χ0n) is 14.8. The molecule has 1 N–H and O–H groups in total. The molecule has 0 radical (unpaired) electrons. The summed E-state index contributed by atoms with van der Waals surface area (Å²) in [5, 5.41) is 2.62. The van der Waals surface area contributed by atoms with E-state index in [1.54, 1.807) is 20.2 Å². The second-order valence-electron chi connectivity index (χ2n) is 6.53. The first-order chi connectivity index (χ1) is 12.4. The first kappa shape index (κ1) is 16.3. The molecule has 0 aliphatic carbocycles. The molecule has 1 atom stereocenters. The van der Waals surface area contributed by atoms with Gasteiger partial charge in [-0.05, 0) is 30.2 Å². The van der Waals surface area contributed by atoms with Gasteiger partial charge in [0.1, 0.15) is 11.9 Å². The standard InChI is InChI=1S/C20H18N2O4/c1-10-17-12(8-13-18(10)22(3)20(25)19(13)24)11-6-4-5-7-14(11)26-15(17)9-16(23)21-2/h4-8,15H,9H2,1-3H3,(H,21,23).